The van der Waals surface area contributed by atoms with Gasteiger partial charge in [-0.2, -0.15) is 9.40 Å². The fraction of sp³-hybridized carbons (Fsp3) is 0.545. The molecule has 4 rings (SSSR count). The number of benzene rings is 1. The average molecular weight is 446 g/mol. The molecule has 1 aliphatic heterocycles. The Hall–Kier alpha value is -2.23. The van der Waals surface area contributed by atoms with Gasteiger partial charge in [-0.15, -0.1) is 0 Å². The minimum Gasteiger partial charge on any atom is -0.379 e. The van der Waals surface area contributed by atoms with Crippen molar-refractivity contribution >= 4 is 21.1 Å². The van der Waals surface area contributed by atoms with Gasteiger partial charge in [0.15, 0.2) is 0 Å². The molecule has 1 aliphatic rings. The summed E-state index contributed by atoms with van der Waals surface area (Å²) in [5.41, 5.74) is 3.64. The van der Waals surface area contributed by atoms with E-state index in [-0.39, 0.29) is 10.8 Å². The fourth-order valence-electron chi connectivity index (χ4n) is 4.06. The van der Waals surface area contributed by atoms with Gasteiger partial charge in [0.2, 0.25) is 10.0 Å². The number of ether oxygens (including phenoxy) is 1. The van der Waals surface area contributed by atoms with Crippen LogP contribution in [0.1, 0.15) is 45.2 Å². The van der Waals surface area contributed by atoms with Gasteiger partial charge in [0.25, 0.3) is 0 Å². The number of fused-ring (bicyclic) bond motifs is 1. The van der Waals surface area contributed by atoms with Crippen LogP contribution in [-0.4, -0.2) is 58.4 Å². The molecule has 0 unspecified atom stereocenters. The van der Waals surface area contributed by atoms with Crippen molar-refractivity contribution in [2.45, 2.75) is 51.0 Å². The van der Waals surface area contributed by atoms with Crippen molar-refractivity contribution in [3.05, 3.63) is 30.1 Å². The highest BCUT2D eigenvalue weighted by atomic mass is 32.2. The van der Waals surface area contributed by atoms with Gasteiger partial charge in [-0.25, -0.2) is 13.4 Å². The lowest BCUT2D eigenvalue weighted by Crippen LogP contribution is -2.40. The summed E-state index contributed by atoms with van der Waals surface area (Å²) in [6, 6.07) is 5.30. The van der Waals surface area contributed by atoms with Crippen LogP contribution in [0.2, 0.25) is 0 Å². The van der Waals surface area contributed by atoms with Gasteiger partial charge >= 0.3 is 0 Å². The molecule has 0 radical (unpaired) electrons. The first-order valence-electron chi connectivity index (χ1n) is 10.9. The summed E-state index contributed by atoms with van der Waals surface area (Å²) in [7, 11) is -1.65. The number of aryl methyl sites for hydroxylation is 2. The third-order valence-electron chi connectivity index (χ3n) is 5.71. The van der Waals surface area contributed by atoms with Crippen molar-refractivity contribution < 1.29 is 13.2 Å². The summed E-state index contributed by atoms with van der Waals surface area (Å²) in [4.78, 5) is 5.19. The predicted octanol–water partition coefficient (Wildman–Crippen LogP) is 3.38. The Morgan fingerprint density at radius 3 is 2.61 bits per heavy atom. The molecular weight excluding hydrogens is 414 g/mol. The van der Waals surface area contributed by atoms with Crippen LogP contribution in [0.15, 0.2) is 29.3 Å². The minimum atomic E-state index is -3.57. The van der Waals surface area contributed by atoms with Crippen LogP contribution in [-0.2, 0) is 28.4 Å². The lowest BCUT2D eigenvalue weighted by molar-refractivity contribution is 0.0730. The van der Waals surface area contributed by atoms with Crippen LogP contribution >= 0.6 is 0 Å². The Labute approximate surface area is 183 Å². The van der Waals surface area contributed by atoms with Crippen LogP contribution in [0.4, 0.5) is 0 Å². The molecule has 3 heterocycles. The first-order chi connectivity index (χ1) is 14.8. The Morgan fingerprint density at radius 2 is 1.94 bits per heavy atom. The van der Waals surface area contributed by atoms with Crippen molar-refractivity contribution in [1.82, 2.24) is 23.6 Å². The maximum atomic E-state index is 13.1. The van der Waals surface area contributed by atoms with E-state index >= 15 is 0 Å². The Bertz CT molecular complexity index is 1170. The SMILES string of the molecule is CCCCn1c(-c2cn(C)nc2C(C)C)nc2cc(S(=O)(=O)N3CCOCC3)ccc21. The molecule has 8 nitrogen and oxygen atoms in total. The number of rotatable bonds is 7. The molecule has 0 N–H and O–H groups in total. The molecule has 0 atom stereocenters. The molecule has 9 heteroatoms. The third kappa shape index (κ3) is 4.14. The average Bonchev–Trinajstić information content (AvgIpc) is 3.32. The maximum Gasteiger partial charge on any atom is 0.243 e. The van der Waals surface area contributed by atoms with Gasteiger partial charge in [-0.05, 0) is 30.5 Å². The first-order valence-corrected chi connectivity index (χ1v) is 12.4. The monoisotopic (exact) mass is 445 g/mol. The van der Waals surface area contributed by atoms with E-state index in [1.807, 2.05) is 24.0 Å². The highest BCUT2D eigenvalue weighted by molar-refractivity contribution is 7.89. The summed E-state index contributed by atoms with van der Waals surface area (Å²) < 4.78 is 37.1. The number of hydrogen-bond donors (Lipinski definition) is 0. The summed E-state index contributed by atoms with van der Waals surface area (Å²) in [5, 5.41) is 4.65. The van der Waals surface area contributed by atoms with Crippen molar-refractivity contribution in [3.8, 4) is 11.4 Å². The Balaban J connectivity index is 1.84. The second kappa shape index (κ2) is 8.72. The lowest BCUT2D eigenvalue weighted by atomic mass is 10.1. The number of hydrogen-bond acceptors (Lipinski definition) is 5. The highest BCUT2D eigenvalue weighted by Gasteiger charge is 2.27. The van der Waals surface area contributed by atoms with Gasteiger partial charge in [0, 0.05) is 32.9 Å². The largest absolute Gasteiger partial charge is 0.379 e. The van der Waals surface area contributed by atoms with Crippen molar-refractivity contribution in [2.24, 2.45) is 7.05 Å². The van der Waals surface area contributed by atoms with Crippen molar-refractivity contribution in [2.75, 3.05) is 26.3 Å². The van der Waals surface area contributed by atoms with Crippen LogP contribution in [0.5, 0.6) is 0 Å². The van der Waals surface area contributed by atoms with Crippen molar-refractivity contribution in [3.63, 3.8) is 0 Å². The second-order valence-corrected chi connectivity index (χ2v) is 10.3. The Kier molecular flexibility index (Phi) is 6.18. The number of nitrogens with zero attached hydrogens (tertiary/aromatic N) is 5. The van der Waals surface area contributed by atoms with Crippen LogP contribution < -0.4 is 0 Å². The van der Waals surface area contributed by atoms with Gasteiger partial charge < -0.3 is 9.30 Å². The number of morpholine rings is 1. The Morgan fingerprint density at radius 1 is 1.19 bits per heavy atom. The zero-order valence-corrected chi connectivity index (χ0v) is 19.5. The van der Waals surface area contributed by atoms with Crippen LogP contribution in [0, 0.1) is 0 Å². The molecule has 0 saturated carbocycles. The fourth-order valence-corrected chi connectivity index (χ4v) is 5.49. The molecule has 3 aromatic rings. The summed E-state index contributed by atoms with van der Waals surface area (Å²) in [6.07, 6.45) is 4.08. The van der Waals surface area contributed by atoms with E-state index in [9.17, 15) is 8.42 Å². The van der Waals surface area contributed by atoms with Gasteiger partial charge in [0.1, 0.15) is 5.82 Å². The molecule has 1 fully saturated rings. The van der Waals surface area contributed by atoms with Gasteiger partial charge in [0.05, 0.1) is 40.4 Å². The summed E-state index contributed by atoms with van der Waals surface area (Å²) in [6.45, 7) is 8.84. The topological polar surface area (TPSA) is 82.2 Å². The summed E-state index contributed by atoms with van der Waals surface area (Å²) >= 11 is 0. The van der Waals surface area contributed by atoms with E-state index in [0.29, 0.717) is 31.8 Å². The normalized spacial score (nSPS) is 15.9. The number of imidazole rings is 1. The van der Waals surface area contributed by atoms with Crippen molar-refractivity contribution in [1.29, 1.82) is 0 Å². The highest BCUT2D eigenvalue weighted by Crippen LogP contribution is 2.32. The standard InChI is InChI=1S/C22H31N5O3S/c1-5-6-9-27-20-8-7-17(31(28,29)26-10-12-30-13-11-26)14-19(20)23-22(27)18-15-25(4)24-21(18)16(2)3/h7-8,14-16H,5-6,9-13H2,1-4H3. The molecule has 1 saturated heterocycles. The van der Waals surface area contributed by atoms with E-state index in [1.165, 1.54) is 4.31 Å². The third-order valence-corrected chi connectivity index (χ3v) is 7.60. The molecule has 0 spiro atoms. The lowest BCUT2D eigenvalue weighted by Gasteiger charge is -2.26. The summed E-state index contributed by atoms with van der Waals surface area (Å²) in [5.74, 6) is 1.11. The van der Waals surface area contributed by atoms with E-state index in [0.717, 1.165) is 42.0 Å². The number of unbranched alkanes of at least 4 members (excludes halogenated alkanes) is 1. The number of aromatic nitrogens is 4. The molecule has 0 aliphatic carbocycles. The smallest absolute Gasteiger partial charge is 0.243 e. The second-order valence-electron chi connectivity index (χ2n) is 8.36. The van der Waals surface area contributed by atoms with Gasteiger partial charge in [-0.3, -0.25) is 4.68 Å². The minimum absolute atomic E-state index is 0.257. The maximum absolute atomic E-state index is 13.1. The van der Waals surface area contributed by atoms with E-state index in [2.05, 4.69) is 30.4 Å². The molecule has 0 amide bonds. The molecule has 168 valence electrons. The predicted molar refractivity (Wildman–Crippen MR) is 121 cm³/mol. The van der Waals surface area contributed by atoms with E-state index in [4.69, 9.17) is 9.72 Å². The van der Waals surface area contributed by atoms with E-state index in [1.54, 1.807) is 12.1 Å². The molecule has 0 bridgehead atoms. The van der Waals surface area contributed by atoms with Crippen LogP contribution in [0.25, 0.3) is 22.4 Å². The molecule has 31 heavy (non-hydrogen) atoms. The first kappa shape index (κ1) is 22.0. The zero-order valence-electron chi connectivity index (χ0n) is 18.7. The number of sulfonamides is 1. The van der Waals surface area contributed by atoms with Crippen LogP contribution in [0.3, 0.4) is 0 Å². The van der Waals surface area contributed by atoms with E-state index < -0.39 is 10.0 Å². The molecule has 2 aromatic heterocycles. The molecule has 1 aromatic carbocycles. The zero-order chi connectivity index (χ0) is 22.2. The van der Waals surface area contributed by atoms with Gasteiger partial charge in [-0.1, -0.05) is 27.2 Å². The quantitative estimate of drug-likeness (QED) is 0.557. The molecular formula is C22H31N5O3S.